The summed E-state index contributed by atoms with van der Waals surface area (Å²) in [7, 11) is 0. The minimum Gasteiger partial charge on any atom is -0.479 e. The number of nitrogens with one attached hydrogen (secondary N) is 1. The Labute approximate surface area is 114 Å². The highest BCUT2D eigenvalue weighted by Crippen LogP contribution is 2.15. The van der Waals surface area contributed by atoms with Gasteiger partial charge in [-0.25, -0.2) is 14.6 Å². The van der Waals surface area contributed by atoms with E-state index >= 15 is 0 Å². The molecule has 2 amide bonds. The lowest BCUT2D eigenvalue weighted by atomic mass is 10.3. The Morgan fingerprint density at radius 2 is 2.47 bits per heavy atom. The van der Waals surface area contributed by atoms with Crippen molar-refractivity contribution in [1.29, 1.82) is 0 Å². The van der Waals surface area contributed by atoms with Crippen molar-refractivity contribution in [3.05, 3.63) is 16.6 Å². The lowest BCUT2D eigenvalue weighted by Crippen LogP contribution is -2.52. The normalized spacial score (nSPS) is 20.9. The number of nitrogens with zero attached hydrogens (tertiary/aromatic N) is 2. The first-order chi connectivity index (χ1) is 9.08. The molecule has 19 heavy (non-hydrogen) atoms. The van der Waals surface area contributed by atoms with Gasteiger partial charge in [0.2, 0.25) is 0 Å². The van der Waals surface area contributed by atoms with Crippen molar-refractivity contribution >= 4 is 23.3 Å². The van der Waals surface area contributed by atoms with E-state index in [0.29, 0.717) is 6.54 Å². The molecular formula is C11H15N3O4S. The largest absolute Gasteiger partial charge is 0.479 e. The predicted molar refractivity (Wildman–Crippen MR) is 68.0 cm³/mol. The number of carbonyl (C=O) groups excluding carboxylic acids is 1. The molecule has 1 aromatic heterocycles. The molecule has 2 rings (SSSR count). The summed E-state index contributed by atoms with van der Waals surface area (Å²) in [6.07, 6.45) is 0.729. The summed E-state index contributed by atoms with van der Waals surface area (Å²) in [4.78, 5) is 28.4. The first-order valence-corrected chi connectivity index (χ1v) is 6.75. The highest BCUT2D eigenvalue weighted by atomic mass is 32.1. The minimum atomic E-state index is -1.05. The van der Waals surface area contributed by atoms with Gasteiger partial charge in [-0.1, -0.05) is 0 Å². The molecule has 2 atom stereocenters. The highest BCUT2D eigenvalue weighted by molar-refractivity contribution is 7.09. The average Bonchev–Trinajstić information content (AvgIpc) is 2.92. The molecule has 1 aliphatic heterocycles. The van der Waals surface area contributed by atoms with Gasteiger partial charge in [0.05, 0.1) is 19.2 Å². The molecule has 2 unspecified atom stereocenters. The Morgan fingerprint density at radius 1 is 1.68 bits per heavy atom. The highest BCUT2D eigenvalue weighted by Gasteiger charge is 2.29. The van der Waals surface area contributed by atoms with Crippen molar-refractivity contribution in [3.63, 3.8) is 0 Å². The number of rotatable bonds is 3. The molecule has 0 spiro atoms. The van der Waals surface area contributed by atoms with E-state index in [1.54, 1.807) is 6.20 Å². The molecule has 0 bridgehead atoms. The lowest BCUT2D eigenvalue weighted by molar-refractivity contribution is -0.154. The zero-order valence-corrected chi connectivity index (χ0v) is 11.2. The number of thiazole rings is 1. The molecule has 2 heterocycles. The van der Waals surface area contributed by atoms with Gasteiger partial charge in [-0.05, 0) is 6.92 Å². The summed E-state index contributed by atoms with van der Waals surface area (Å²) in [6, 6.07) is -0.490. The zero-order chi connectivity index (χ0) is 13.8. The standard InChI is InChI=1S/C11H15N3O4S/c1-7(9-12-2-5-19-9)13-11(17)14-3-4-18-8(6-14)10(15)16/h2,5,7-8H,3-4,6H2,1H3,(H,13,17)(H,15,16). The topological polar surface area (TPSA) is 91.8 Å². The summed E-state index contributed by atoms with van der Waals surface area (Å²) >= 11 is 1.46. The van der Waals surface area contributed by atoms with Gasteiger partial charge in [0.25, 0.3) is 0 Å². The number of urea groups is 1. The number of ether oxygens (including phenoxy) is 1. The second-order valence-corrected chi connectivity index (χ2v) is 5.11. The first kappa shape index (κ1) is 13.8. The molecule has 1 saturated heterocycles. The summed E-state index contributed by atoms with van der Waals surface area (Å²) in [5.74, 6) is -1.05. The molecule has 8 heteroatoms. The van der Waals surface area contributed by atoms with E-state index < -0.39 is 12.1 Å². The Bertz CT molecular complexity index is 451. The SMILES string of the molecule is CC(NC(=O)N1CCOC(C(=O)O)C1)c1nccs1. The number of hydrogen-bond donors (Lipinski definition) is 2. The number of amides is 2. The van der Waals surface area contributed by atoms with Crippen LogP contribution in [0.5, 0.6) is 0 Å². The van der Waals surface area contributed by atoms with Crippen molar-refractivity contribution in [1.82, 2.24) is 15.2 Å². The summed E-state index contributed by atoms with van der Waals surface area (Å²) in [5, 5.41) is 14.3. The van der Waals surface area contributed by atoms with E-state index in [2.05, 4.69) is 10.3 Å². The van der Waals surface area contributed by atoms with E-state index in [9.17, 15) is 9.59 Å². The molecular weight excluding hydrogens is 270 g/mol. The number of carboxylic acids is 1. The molecule has 7 nitrogen and oxygen atoms in total. The smallest absolute Gasteiger partial charge is 0.334 e. The lowest BCUT2D eigenvalue weighted by Gasteiger charge is -2.31. The number of carboxylic acid groups (broad SMARTS) is 1. The molecule has 0 saturated carbocycles. The molecule has 2 N–H and O–H groups in total. The van der Waals surface area contributed by atoms with E-state index in [1.165, 1.54) is 16.2 Å². The van der Waals surface area contributed by atoms with Crippen molar-refractivity contribution in [2.24, 2.45) is 0 Å². The van der Waals surface area contributed by atoms with Crippen LogP contribution < -0.4 is 5.32 Å². The number of aliphatic carboxylic acids is 1. The maximum atomic E-state index is 12.0. The van der Waals surface area contributed by atoms with Crippen molar-refractivity contribution in [3.8, 4) is 0 Å². The summed E-state index contributed by atoms with van der Waals surface area (Å²) < 4.78 is 5.07. The molecule has 0 radical (unpaired) electrons. The fourth-order valence-corrected chi connectivity index (χ4v) is 2.42. The van der Waals surface area contributed by atoms with Gasteiger partial charge in [0.15, 0.2) is 6.10 Å². The molecule has 104 valence electrons. The predicted octanol–water partition coefficient (Wildman–Crippen LogP) is 0.699. The van der Waals surface area contributed by atoms with Crippen LogP contribution in [0, 0.1) is 0 Å². The third-order valence-corrected chi connectivity index (χ3v) is 3.75. The zero-order valence-electron chi connectivity index (χ0n) is 10.4. The molecule has 1 aliphatic rings. The van der Waals surface area contributed by atoms with E-state index in [1.807, 2.05) is 12.3 Å². The Morgan fingerprint density at radius 3 is 3.11 bits per heavy atom. The van der Waals surface area contributed by atoms with Gasteiger partial charge >= 0.3 is 12.0 Å². The second kappa shape index (κ2) is 5.98. The fraction of sp³-hybridized carbons (Fsp3) is 0.545. The third kappa shape index (κ3) is 3.42. The van der Waals surface area contributed by atoms with Crippen LogP contribution >= 0.6 is 11.3 Å². The minimum absolute atomic E-state index is 0.0613. The molecule has 0 aliphatic carbocycles. The second-order valence-electron chi connectivity index (χ2n) is 4.19. The molecule has 0 aromatic carbocycles. The Kier molecular flexibility index (Phi) is 4.33. The van der Waals surface area contributed by atoms with Crippen LogP contribution in [0.2, 0.25) is 0 Å². The number of hydrogen-bond acceptors (Lipinski definition) is 5. The third-order valence-electron chi connectivity index (χ3n) is 2.79. The molecule has 1 fully saturated rings. The Balaban J connectivity index is 1.91. The number of carbonyl (C=O) groups is 2. The first-order valence-electron chi connectivity index (χ1n) is 5.87. The van der Waals surface area contributed by atoms with Crippen LogP contribution in [0.4, 0.5) is 4.79 Å². The maximum Gasteiger partial charge on any atom is 0.334 e. The van der Waals surface area contributed by atoms with E-state index in [4.69, 9.17) is 9.84 Å². The van der Waals surface area contributed by atoms with Gasteiger partial charge in [-0.15, -0.1) is 11.3 Å². The molecule has 1 aromatic rings. The van der Waals surface area contributed by atoms with Crippen LogP contribution in [0.3, 0.4) is 0 Å². The number of morpholine rings is 1. The van der Waals surface area contributed by atoms with Crippen molar-refractivity contribution in [2.45, 2.75) is 19.1 Å². The number of aromatic nitrogens is 1. The van der Waals surface area contributed by atoms with Crippen LogP contribution in [0.1, 0.15) is 18.0 Å². The van der Waals surface area contributed by atoms with Crippen LogP contribution in [0.25, 0.3) is 0 Å². The van der Waals surface area contributed by atoms with Crippen LogP contribution in [0.15, 0.2) is 11.6 Å². The van der Waals surface area contributed by atoms with Gasteiger partial charge in [-0.2, -0.15) is 0 Å². The monoisotopic (exact) mass is 285 g/mol. The Hall–Kier alpha value is -1.67. The van der Waals surface area contributed by atoms with E-state index in [-0.39, 0.29) is 25.2 Å². The van der Waals surface area contributed by atoms with Crippen molar-refractivity contribution < 1.29 is 19.4 Å². The van der Waals surface area contributed by atoms with Crippen LogP contribution in [-0.4, -0.2) is 52.8 Å². The summed E-state index contributed by atoms with van der Waals surface area (Å²) in [6.45, 7) is 2.52. The van der Waals surface area contributed by atoms with Gasteiger partial charge in [0, 0.05) is 18.1 Å². The van der Waals surface area contributed by atoms with Crippen LogP contribution in [-0.2, 0) is 9.53 Å². The van der Waals surface area contributed by atoms with E-state index in [0.717, 1.165) is 5.01 Å². The fourth-order valence-electron chi connectivity index (χ4n) is 1.77. The van der Waals surface area contributed by atoms with Gasteiger partial charge in [0.1, 0.15) is 5.01 Å². The average molecular weight is 285 g/mol. The maximum absolute atomic E-state index is 12.0. The van der Waals surface area contributed by atoms with Gasteiger partial charge in [-0.3, -0.25) is 0 Å². The quantitative estimate of drug-likeness (QED) is 0.853. The van der Waals surface area contributed by atoms with Gasteiger partial charge < -0.3 is 20.1 Å². The summed E-state index contributed by atoms with van der Waals surface area (Å²) in [5.41, 5.74) is 0. The van der Waals surface area contributed by atoms with Crippen molar-refractivity contribution in [2.75, 3.05) is 19.7 Å².